The summed E-state index contributed by atoms with van der Waals surface area (Å²) in [6, 6.07) is 4.92. The monoisotopic (exact) mass is 312 g/mol. The van der Waals surface area contributed by atoms with E-state index in [0.717, 1.165) is 16.7 Å². The van der Waals surface area contributed by atoms with Crippen LogP contribution >= 0.6 is 0 Å². The summed E-state index contributed by atoms with van der Waals surface area (Å²) in [4.78, 5) is 37.2. The van der Waals surface area contributed by atoms with Gasteiger partial charge in [-0.05, 0) is 55.2 Å². The molecular formula is C18H20N2O3. The van der Waals surface area contributed by atoms with Crippen LogP contribution in [-0.4, -0.2) is 29.7 Å². The van der Waals surface area contributed by atoms with Crippen molar-refractivity contribution in [1.82, 2.24) is 4.90 Å². The Morgan fingerprint density at radius 2 is 1.96 bits per heavy atom. The van der Waals surface area contributed by atoms with Gasteiger partial charge in [0.25, 0.3) is 11.8 Å². The lowest BCUT2D eigenvalue weighted by Gasteiger charge is -2.20. The van der Waals surface area contributed by atoms with Crippen LogP contribution < -0.4 is 5.32 Å². The van der Waals surface area contributed by atoms with E-state index in [9.17, 15) is 14.4 Å². The van der Waals surface area contributed by atoms with Gasteiger partial charge in [-0.15, -0.1) is 0 Å². The highest BCUT2D eigenvalue weighted by Gasteiger charge is 2.40. The van der Waals surface area contributed by atoms with Gasteiger partial charge in [0.15, 0.2) is 0 Å². The highest BCUT2D eigenvalue weighted by atomic mass is 16.2. The van der Waals surface area contributed by atoms with Crippen molar-refractivity contribution in [3.8, 4) is 0 Å². The molecule has 0 spiro atoms. The zero-order valence-corrected chi connectivity index (χ0v) is 13.2. The fourth-order valence-corrected chi connectivity index (χ4v) is 4.52. The molecule has 5 heteroatoms. The number of hydrogen-bond acceptors (Lipinski definition) is 3. The third kappa shape index (κ3) is 2.35. The molecule has 2 bridgehead atoms. The number of hydrogen-bond donors (Lipinski definition) is 1. The molecule has 1 aromatic rings. The maximum atomic E-state index is 12.3. The summed E-state index contributed by atoms with van der Waals surface area (Å²) in [5, 5.41) is 2.89. The molecule has 3 amide bonds. The van der Waals surface area contributed by atoms with Crippen LogP contribution in [-0.2, 0) is 4.79 Å². The number of carbonyl (C=O) groups is 3. The molecule has 0 radical (unpaired) electrons. The predicted molar refractivity (Wildman–Crippen MR) is 85.1 cm³/mol. The first-order valence-corrected chi connectivity index (χ1v) is 8.29. The molecule has 1 aliphatic heterocycles. The van der Waals surface area contributed by atoms with Crippen LogP contribution in [0.3, 0.4) is 0 Å². The lowest BCUT2D eigenvalue weighted by atomic mass is 9.86. The predicted octanol–water partition coefficient (Wildman–Crippen LogP) is 2.68. The van der Waals surface area contributed by atoms with Crippen molar-refractivity contribution in [2.75, 3.05) is 12.4 Å². The van der Waals surface area contributed by atoms with E-state index in [1.165, 1.54) is 32.7 Å². The minimum atomic E-state index is -0.311. The Hall–Kier alpha value is -2.17. The molecule has 0 saturated heterocycles. The molecule has 2 fully saturated rings. The molecular weight excluding hydrogens is 292 g/mol. The summed E-state index contributed by atoms with van der Waals surface area (Å²) in [5.41, 5.74) is 1.37. The second-order valence-corrected chi connectivity index (χ2v) is 7.12. The van der Waals surface area contributed by atoms with E-state index in [-0.39, 0.29) is 17.7 Å². The van der Waals surface area contributed by atoms with Crippen LogP contribution in [0.5, 0.6) is 0 Å². The van der Waals surface area contributed by atoms with Crippen molar-refractivity contribution in [3.05, 3.63) is 29.3 Å². The SMILES string of the molecule is CN1C(=O)c2ccc(NC(=O)CC3CC4CCC3C4)cc2C1=O. The molecule has 1 N–H and O–H groups in total. The molecule has 2 saturated carbocycles. The first-order valence-electron chi connectivity index (χ1n) is 8.29. The number of imide groups is 1. The molecule has 3 atom stereocenters. The van der Waals surface area contributed by atoms with Crippen molar-refractivity contribution >= 4 is 23.4 Å². The molecule has 120 valence electrons. The van der Waals surface area contributed by atoms with Crippen molar-refractivity contribution in [3.63, 3.8) is 0 Å². The van der Waals surface area contributed by atoms with Crippen LogP contribution in [0.15, 0.2) is 18.2 Å². The van der Waals surface area contributed by atoms with E-state index in [2.05, 4.69) is 5.32 Å². The van der Waals surface area contributed by atoms with E-state index in [1.54, 1.807) is 18.2 Å². The summed E-state index contributed by atoms with van der Waals surface area (Å²) in [5.74, 6) is 1.47. The van der Waals surface area contributed by atoms with Crippen LogP contribution in [0.25, 0.3) is 0 Å². The van der Waals surface area contributed by atoms with Crippen LogP contribution in [0, 0.1) is 17.8 Å². The Bertz CT molecular complexity index is 712. The average molecular weight is 312 g/mol. The third-order valence-corrected chi connectivity index (χ3v) is 5.71. The summed E-state index contributed by atoms with van der Waals surface area (Å²) < 4.78 is 0. The first kappa shape index (κ1) is 14.4. The zero-order chi connectivity index (χ0) is 16.1. The number of carbonyl (C=O) groups excluding carboxylic acids is 3. The van der Waals surface area contributed by atoms with Crippen molar-refractivity contribution in [2.24, 2.45) is 17.8 Å². The van der Waals surface area contributed by atoms with Crippen molar-refractivity contribution in [2.45, 2.75) is 32.1 Å². The van der Waals surface area contributed by atoms with Crippen LogP contribution in [0.1, 0.15) is 52.8 Å². The molecule has 2 aliphatic carbocycles. The van der Waals surface area contributed by atoms with E-state index in [0.29, 0.717) is 29.2 Å². The fraction of sp³-hybridized carbons (Fsp3) is 0.500. The number of fused-ring (bicyclic) bond motifs is 3. The first-order chi connectivity index (χ1) is 11.0. The molecule has 1 aromatic carbocycles. The van der Waals surface area contributed by atoms with Gasteiger partial charge in [0.2, 0.25) is 5.91 Å². The van der Waals surface area contributed by atoms with E-state index >= 15 is 0 Å². The van der Waals surface area contributed by atoms with Crippen LogP contribution in [0.2, 0.25) is 0 Å². The number of anilines is 1. The van der Waals surface area contributed by atoms with Gasteiger partial charge in [0, 0.05) is 19.2 Å². The number of rotatable bonds is 3. The quantitative estimate of drug-likeness (QED) is 0.873. The second-order valence-electron chi connectivity index (χ2n) is 7.12. The summed E-state index contributed by atoms with van der Waals surface area (Å²) in [6.07, 6.45) is 5.63. The minimum Gasteiger partial charge on any atom is -0.326 e. The Labute approximate surface area is 135 Å². The normalized spacial score (nSPS) is 28.4. The third-order valence-electron chi connectivity index (χ3n) is 5.71. The maximum absolute atomic E-state index is 12.3. The smallest absolute Gasteiger partial charge is 0.261 e. The van der Waals surface area contributed by atoms with Gasteiger partial charge in [0.05, 0.1) is 11.1 Å². The van der Waals surface area contributed by atoms with Gasteiger partial charge in [-0.25, -0.2) is 0 Å². The Morgan fingerprint density at radius 3 is 2.65 bits per heavy atom. The molecule has 1 heterocycles. The topological polar surface area (TPSA) is 66.5 Å². The lowest BCUT2D eigenvalue weighted by Crippen LogP contribution is -2.24. The lowest BCUT2D eigenvalue weighted by molar-refractivity contribution is -0.117. The Balaban J connectivity index is 1.44. The highest BCUT2D eigenvalue weighted by molar-refractivity contribution is 6.21. The second kappa shape index (κ2) is 5.18. The van der Waals surface area contributed by atoms with Gasteiger partial charge in [-0.1, -0.05) is 6.42 Å². The summed E-state index contributed by atoms with van der Waals surface area (Å²) in [6.45, 7) is 0. The molecule has 5 nitrogen and oxygen atoms in total. The van der Waals surface area contributed by atoms with Gasteiger partial charge >= 0.3 is 0 Å². The van der Waals surface area contributed by atoms with Crippen molar-refractivity contribution in [1.29, 1.82) is 0 Å². The van der Waals surface area contributed by atoms with Gasteiger partial charge < -0.3 is 5.32 Å². The number of nitrogens with one attached hydrogen (secondary N) is 1. The largest absolute Gasteiger partial charge is 0.326 e. The van der Waals surface area contributed by atoms with E-state index in [1.807, 2.05) is 0 Å². The van der Waals surface area contributed by atoms with Gasteiger partial charge in [-0.3, -0.25) is 19.3 Å². The Kier molecular flexibility index (Phi) is 3.25. The van der Waals surface area contributed by atoms with Crippen LogP contribution in [0.4, 0.5) is 5.69 Å². The molecule has 4 rings (SSSR count). The summed E-state index contributed by atoms with van der Waals surface area (Å²) in [7, 11) is 1.47. The highest BCUT2D eigenvalue weighted by Crippen LogP contribution is 2.49. The minimum absolute atomic E-state index is 0.00706. The van der Waals surface area contributed by atoms with E-state index < -0.39 is 0 Å². The number of nitrogens with zero attached hydrogens (tertiary/aromatic N) is 1. The molecule has 23 heavy (non-hydrogen) atoms. The molecule has 0 aromatic heterocycles. The summed E-state index contributed by atoms with van der Waals surface area (Å²) >= 11 is 0. The Morgan fingerprint density at radius 1 is 1.17 bits per heavy atom. The number of benzene rings is 1. The fourth-order valence-electron chi connectivity index (χ4n) is 4.52. The van der Waals surface area contributed by atoms with E-state index in [4.69, 9.17) is 0 Å². The number of amides is 3. The molecule has 3 aliphatic rings. The van der Waals surface area contributed by atoms with Gasteiger partial charge in [-0.2, -0.15) is 0 Å². The van der Waals surface area contributed by atoms with Gasteiger partial charge in [0.1, 0.15) is 0 Å². The maximum Gasteiger partial charge on any atom is 0.261 e. The average Bonchev–Trinajstić information content (AvgIpc) is 3.19. The molecule has 3 unspecified atom stereocenters. The van der Waals surface area contributed by atoms with Crippen molar-refractivity contribution < 1.29 is 14.4 Å². The standard InChI is InChI=1S/C18H20N2O3/c1-20-17(22)14-5-4-13(9-15(14)18(20)23)19-16(21)8-12-7-10-2-3-11(12)6-10/h4-5,9-12H,2-3,6-8H2,1H3,(H,19,21). The zero-order valence-electron chi connectivity index (χ0n) is 13.2.